The van der Waals surface area contributed by atoms with Gasteiger partial charge in [-0.2, -0.15) is 18.3 Å². The fourth-order valence-electron chi connectivity index (χ4n) is 4.22. The Balaban J connectivity index is 1.41. The number of rotatable bonds is 5. The highest BCUT2D eigenvalue weighted by molar-refractivity contribution is 7.13. The van der Waals surface area contributed by atoms with E-state index in [4.69, 9.17) is 0 Å². The first-order chi connectivity index (χ1) is 17.7. The molecule has 0 radical (unpaired) electrons. The number of non-ortho nitro benzene ring substituents is 1. The predicted octanol–water partition coefficient (Wildman–Crippen LogP) is 5.49. The van der Waals surface area contributed by atoms with Gasteiger partial charge in [-0.15, -0.1) is 11.3 Å². The lowest BCUT2D eigenvalue weighted by atomic mass is 10.1. The summed E-state index contributed by atoms with van der Waals surface area (Å²) in [7, 11) is 0. The quantitative estimate of drug-likeness (QED) is 0.253. The molecule has 1 amide bonds. The summed E-state index contributed by atoms with van der Waals surface area (Å²) in [6.07, 6.45) is -4.43. The molecule has 4 aromatic rings. The Hall–Kier alpha value is -4.19. The molecule has 0 spiro atoms. The summed E-state index contributed by atoms with van der Waals surface area (Å²) in [6, 6.07) is 16.4. The van der Waals surface area contributed by atoms with Gasteiger partial charge in [0.05, 0.1) is 21.1 Å². The lowest BCUT2D eigenvalue weighted by molar-refractivity contribution is -0.384. The molecular weight excluding hydrogens is 507 g/mol. The number of thiophene rings is 1. The van der Waals surface area contributed by atoms with E-state index in [-0.39, 0.29) is 17.3 Å². The minimum atomic E-state index is -4.43. The number of hydrogen-bond acceptors (Lipinski definition) is 6. The Bertz CT molecular complexity index is 1440. The zero-order chi connectivity index (χ0) is 26.2. The van der Waals surface area contributed by atoms with Crippen LogP contribution < -0.4 is 4.90 Å². The number of alkyl halides is 3. The largest absolute Gasteiger partial charge is 0.416 e. The summed E-state index contributed by atoms with van der Waals surface area (Å²) in [5.41, 5.74) is 0.791. The Morgan fingerprint density at radius 1 is 0.946 bits per heavy atom. The van der Waals surface area contributed by atoms with Crippen molar-refractivity contribution >= 4 is 28.6 Å². The number of nitro benzene ring substituents is 1. The summed E-state index contributed by atoms with van der Waals surface area (Å²) in [6.45, 7) is 1.30. The van der Waals surface area contributed by atoms with Gasteiger partial charge in [-0.25, -0.2) is 4.68 Å². The molecule has 3 heterocycles. The molecule has 2 aromatic carbocycles. The molecule has 37 heavy (non-hydrogen) atoms. The van der Waals surface area contributed by atoms with E-state index in [0.29, 0.717) is 43.2 Å². The molecule has 1 aliphatic heterocycles. The third kappa shape index (κ3) is 5.05. The maximum absolute atomic E-state index is 13.6. The van der Waals surface area contributed by atoms with Crippen LogP contribution in [0.2, 0.25) is 0 Å². The smallest absolute Gasteiger partial charge is 0.368 e. The van der Waals surface area contributed by atoms with Crippen molar-refractivity contribution in [1.82, 2.24) is 14.7 Å². The van der Waals surface area contributed by atoms with Crippen LogP contribution in [0.15, 0.2) is 72.1 Å². The fraction of sp³-hybridized carbons (Fsp3) is 0.200. The van der Waals surface area contributed by atoms with Crippen molar-refractivity contribution in [3.8, 4) is 16.3 Å². The number of nitro groups is 1. The molecule has 0 saturated carbocycles. The second-order valence-corrected chi connectivity index (χ2v) is 9.36. The van der Waals surface area contributed by atoms with Crippen LogP contribution in [0.1, 0.15) is 16.1 Å². The third-order valence-corrected chi connectivity index (χ3v) is 6.99. The van der Waals surface area contributed by atoms with Gasteiger partial charge in [-0.3, -0.25) is 14.9 Å². The van der Waals surface area contributed by atoms with E-state index in [9.17, 15) is 28.1 Å². The topological polar surface area (TPSA) is 84.5 Å². The average molecular weight is 528 g/mol. The number of halogens is 3. The Morgan fingerprint density at radius 3 is 2.35 bits per heavy atom. The number of carbonyl (C=O) groups is 1. The maximum Gasteiger partial charge on any atom is 0.416 e. The molecule has 5 rings (SSSR count). The van der Waals surface area contributed by atoms with Crippen LogP contribution in [0.25, 0.3) is 16.3 Å². The molecule has 1 saturated heterocycles. The van der Waals surface area contributed by atoms with Crippen LogP contribution >= 0.6 is 11.3 Å². The minimum absolute atomic E-state index is 0.126. The molecule has 12 heteroatoms. The number of hydrogen-bond donors (Lipinski definition) is 0. The molecule has 0 unspecified atom stereocenters. The Labute approximate surface area is 213 Å². The van der Waals surface area contributed by atoms with Crippen LogP contribution in [-0.2, 0) is 6.18 Å². The Morgan fingerprint density at radius 2 is 1.68 bits per heavy atom. The van der Waals surface area contributed by atoms with E-state index in [1.165, 1.54) is 40.3 Å². The highest BCUT2D eigenvalue weighted by Gasteiger charge is 2.32. The molecule has 1 aliphatic rings. The number of benzene rings is 2. The van der Waals surface area contributed by atoms with Gasteiger partial charge in [-0.05, 0) is 41.8 Å². The van der Waals surface area contributed by atoms with E-state index in [0.717, 1.165) is 17.0 Å². The van der Waals surface area contributed by atoms with Crippen molar-refractivity contribution in [2.45, 2.75) is 6.18 Å². The standard InChI is InChI=1S/C25H20F3N5O3S/c26-25(27,28)17-4-1-5-18(14-17)30-9-11-31(12-10-30)24(34)22-16-21(23-8-3-13-37-23)29-32(22)19-6-2-7-20(15-19)33(35)36/h1-8,13-16H,9-12H2. The van der Waals surface area contributed by atoms with Crippen molar-refractivity contribution in [3.63, 3.8) is 0 Å². The number of nitrogens with zero attached hydrogens (tertiary/aromatic N) is 5. The van der Waals surface area contributed by atoms with Crippen molar-refractivity contribution in [3.05, 3.63) is 93.5 Å². The zero-order valence-corrected chi connectivity index (χ0v) is 20.1. The molecular formula is C25H20F3N5O3S. The number of carbonyl (C=O) groups excluding carboxylic acids is 1. The van der Waals surface area contributed by atoms with Crippen LogP contribution in [0, 0.1) is 10.1 Å². The van der Waals surface area contributed by atoms with Gasteiger partial charge in [0.15, 0.2) is 0 Å². The van der Waals surface area contributed by atoms with Crippen molar-refractivity contribution in [2.24, 2.45) is 0 Å². The van der Waals surface area contributed by atoms with Crippen molar-refractivity contribution in [2.75, 3.05) is 31.1 Å². The fourth-order valence-corrected chi connectivity index (χ4v) is 4.90. The lowest BCUT2D eigenvalue weighted by Crippen LogP contribution is -2.49. The Kier molecular flexibility index (Phi) is 6.42. The molecule has 0 bridgehead atoms. The second kappa shape index (κ2) is 9.69. The number of anilines is 1. The predicted molar refractivity (Wildman–Crippen MR) is 133 cm³/mol. The first-order valence-electron chi connectivity index (χ1n) is 11.3. The van der Waals surface area contributed by atoms with E-state index in [1.54, 1.807) is 23.1 Å². The molecule has 2 aromatic heterocycles. The van der Waals surface area contributed by atoms with Gasteiger partial charge < -0.3 is 9.80 Å². The first-order valence-corrected chi connectivity index (χ1v) is 12.2. The van der Waals surface area contributed by atoms with E-state index in [1.807, 2.05) is 22.4 Å². The lowest BCUT2D eigenvalue weighted by Gasteiger charge is -2.36. The monoisotopic (exact) mass is 527 g/mol. The SMILES string of the molecule is O=C(c1cc(-c2cccs2)nn1-c1cccc([N+](=O)[O-])c1)N1CCN(c2cccc(C(F)(F)F)c2)CC1. The maximum atomic E-state index is 13.6. The first kappa shape index (κ1) is 24.5. The normalized spacial score (nSPS) is 14.1. The molecule has 190 valence electrons. The summed E-state index contributed by atoms with van der Waals surface area (Å²) >= 11 is 1.45. The number of piperazine rings is 1. The minimum Gasteiger partial charge on any atom is -0.368 e. The highest BCUT2D eigenvalue weighted by Crippen LogP contribution is 2.32. The van der Waals surface area contributed by atoms with Crippen molar-refractivity contribution in [1.29, 1.82) is 0 Å². The van der Waals surface area contributed by atoms with Crippen LogP contribution in [0.5, 0.6) is 0 Å². The molecule has 0 aliphatic carbocycles. The van der Waals surface area contributed by atoms with Crippen molar-refractivity contribution < 1.29 is 22.9 Å². The third-order valence-electron chi connectivity index (χ3n) is 6.09. The van der Waals surface area contributed by atoms with Gasteiger partial charge in [0.2, 0.25) is 0 Å². The molecule has 0 atom stereocenters. The van der Waals surface area contributed by atoms with Crippen LogP contribution in [-0.4, -0.2) is 51.7 Å². The van der Waals surface area contributed by atoms with Gasteiger partial charge in [0.25, 0.3) is 11.6 Å². The summed E-state index contributed by atoms with van der Waals surface area (Å²) < 4.78 is 40.8. The molecule has 0 N–H and O–H groups in total. The summed E-state index contributed by atoms with van der Waals surface area (Å²) in [5, 5.41) is 17.8. The van der Waals surface area contributed by atoms with Crippen LogP contribution in [0.4, 0.5) is 24.5 Å². The zero-order valence-electron chi connectivity index (χ0n) is 19.3. The van der Waals surface area contributed by atoms with E-state index < -0.39 is 16.7 Å². The molecule has 8 nitrogen and oxygen atoms in total. The number of aromatic nitrogens is 2. The highest BCUT2D eigenvalue weighted by atomic mass is 32.1. The van der Waals surface area contributed by atoms with Gasteiger partial charge in [0.1, 0.15) is 11.4 Å². The van der Waals surface area contributed by atoms with Gasteiger partial charge >= 0.3 is 6.18 Å². The van der Waals surface area contributed by atoms with E-state index in [2.05, 4.69) is 5.10 Å². The summed E-state index contributed by atoms with van der Waals surface area (Å²) in [5.74, 6) is -0.314. The summed E-state index contributed by atoms with van der Waals surface area (Å²) in [4.78, 5) is 28.7. The number of amides is 1. The molecule has 1 fully saturated rings. The van der Waals surface area contributed by atoms with Crippen LogP contribution in [0.3, 0.4) is 0 Å². The van der Waals surface area contributed by atoms with Gasteiger partial charge in [-0.1, -0.05) is 18.2 Å². The van der Waals surface area contributed by atoms with Gasteiger partial charge in [0, 0.05) is 44.0 Å². The average Bonchev–Trinajstić information content (AvgIpc) is 3.59. The van der Waals surface area contributed by atoms with E-state index >= 15 is 0 Å². The second-order valence-electron chi connectivity index (χ2n) is 8.41.